The third-order valence-electron chi connectivity index (χ3n) is 1.61. The summed E-state index contributed by atoms with van der Waals surface area (Å²) in [5.41, 5.74) is 0. The summed E-state index contributed by atoms with van der Waals surface area (Å²) < 4.78 is 9.40. The number of rotatable bonds is 3. The molecule has 0 aliphatic carbocycles. The van der Waals surface area contributed by atoms with Gasteiger partial charge in [-0.25, -0.2) is 4.79 Å². The Morgan fingerprint density at radius 3 is 2.27 bits per heavy atom. The van der Waals surface area contributed by atoms with E-state index in [4.69, 9.17) is 4.74 Å². The number of hydrogen-bond acceptors (Lipinski definition) is 3. The minimum absolute atomic E-state index is 0.00546. The normalized spacial score (nSPS) is 15.3. The fraction of sp³-hybridized carbons (Fsp3) is 0.857. The Bertz CT molecular complexity index is 127. The Kier molecular flexibility index (Phi) is 4.61. The zero-order chi connectivity index (χ0) is 8.85. The van der Waals surface area contributed by atoms with Gasteiger partial charge in [0.1, 0.15) is 0 Å². The number of carbonyl (C=O) groups excluding carboxylic acids is 1. The molecule has 0 heterocycles. The van der Waals surface area contributed by atoms with E-state index in [2.05, 4.69) is 10.1 Å². The van der Waals surface area contributed by atoms with Crippen molar-refractivity contribution < 1.29 is 14.3 Å². The van der Waals surface area contributed by atoms with Gasteiger partial charge in [-0.15, -0.1) is 0 Å². The molecule has 2 atom stereocenters. The van der Waals surface area contributed by atoms with E-state index < -0.39 is 6.09 Å². The first-order valence-electron chi connectivity index (χ1n) is 3.49. The van der Waals surface area contributed by atoms with Gasteiger partial charge in [-0.3, -0.25) is 0 Å². The minimum atomic E-state index is -0.429. The van der Waals surface area contributed by atoms with Crippen LogP contribution in [0.25, 0.3) is 0 Å². The molecule has 11 heavy (non-hydrogen) atoms. The van der Waals surface area contributed by atoms with E-state index in [1.807, 2.05) is 13.8 Å². The highest BCUT2D eigenvalue weighted by Crippen LogP contribution is 1.95. The fourth-order valence-electron chi connectivity index (χ4n) is 0.566. The van der Waals surface area contributed by atoms with Crippen LogP contribution in [0.2, 0.25) is 0 Å². The molecule has 0 aromatic rings. The van der Waals surface area contributed by atoms with Gasteiger partial charge in [-0.1, -0.05) is 0 Å². The highest BCUT2D eigenvalue weighted by molar-refractivity contribution is 5.67. The Labute approximate surface area is 66.9 Å². The third-order valence-corrected chi connectivity index (χ3v) is 1.61. The van der Waals surface area contributed by atoms with Crippen LogP contribution in [0, 0.1) is 0 Å². The van der Waals surface area contributed by atoms with Crippen molar-refractivity contribution >= 4 is 6.09 Å². The van der Waals surface area contributed by atoms with Crippen molar-refractivity contribution in [3.05, 3.63) is 0 Å². The van der Waals surface area contributed by atoms with E-state index in [9.17, 15) is 4.79 Å². The maximum absolute atomic E-state index is 10.7. The number of hydrogen-bond donors (Lipinski definition) is 1. The Hall–Kier alpha value is -0.770. The van der Waals surface area contributed by atoms with E-state index >= 15 is 0 Å². The molecule has 4 nitrogen and oxygen atoms in total. The first kappa shape index (κ1) is 10.2. The van der Waals surface area contributed by atoms with Crippen LogP contribution in [-0.2, 0) is 9.47 Å². The number of nitrogens with one attached hydrogen (secondary N) is 1. The monoisotopic (exact) mass is 161 g/mol. The van der Waals surface area contributed by atoms with Crippen LogP contribution in [0.1, 0.15) is 13.8 Å². The fourth-order valence-corrected chi connectivity index (χ4v) is 0.566. The number of alkyl carbamates (subject to hydrolysis) is 1. The molecule has 0 aromatic carbocycles. The van der Waals surface area contributed by atoms with Gasteiger partial charge >= 0.3 is 6.09 Å². The van der Waals surface area contributed by atoms with E-state index in [1.165, 1.54) is 7.11 Å². The molecule has 0 unspecified atom stereocenters. The molecule has 0 radical (unpaired) electrons. The highest BCUT2D eigenvalue weighted by atomic mass is 16.5. The molecule has 0 aromatic heterocycles. The number of methoxy groups -OCH3 is 2. The lowest BCUT2D eigenvalue weighted by atomic mass is 10.2. The van der Waals surface area contributed by atoms with Gasteiger partial charge in [0.05, 0.1) is 19.3 Å². The molecule has 0 fully saturated rings. The summed E-state index contributed by atoms with van der Waals surface area (Å²) in [5.74, 6) is 0. The Balaban J connectivity index is 3.67. The van der Waals surface area contributed by atoms with Gasteiger partial charge in [-0.2, -0.15) is 0 Å². The second-order valence-electron chi connectivity index (χ2n) is 2.37. The molecule has 4 heteroatoms. The van der Waals surface area contributed by atoms with Gasteiger partial charge in [-0.05, 0) is 13.8 Å². The summed E-state index contributed by atoms with van der Waals surface area (Å²) in [6.45, 7) is 3.73. The predicted molar refractivity (Wildman–Crippen MR) is 41.5 cm³/mol. The van der Waals surface area contributed by atoms with Crippen LogP contribution in [-0.4, -0.2) is 32.5 Å². The van der Waals surface area contributed by atoms with E-state index in [0.29, 0.717) is 0 Å². The quantitative estimate of drug-likeness (QED) is 0.665. The van der Waals surface area contributed by atoms with Crippen LogP contribution in [0.15, 0.2) is 0 Å². The van der Waals surface area contributed by atoms with Gasteiger partial charge in [0.25, 0.3) is 0 Å². The average molecular weight is 161 g/mol. The van der Waals surface area contributed by atoms with Crippen LogP contribution in [0.4, 0.5) is 4.79 Å². The summed E-state index contributed by atoms with van der Waals surface area (Å²) in [6, 6.07) is -0.0348. The van der Waals surface area contributed by atoms with Crippen molar-refractivity contribution in [1.82, 2.24) is 5.32 Å². The van der Waals surface area contributed by atoms with Gasteiger partial charge < -0.3 is 14.8 Å². The zero-order valence-electron chi connectivity index (χ0n) is 7.38. The lowest BCUT2D eigenvalue weighted by molar-refractivity contribution is 0.0843. The molecule has 1 N–H and O–H groups in total. The maximum atomic E-state index is 10.7. The summed E-state index contributed by atoms with van der Waals surface area (Å²) >= 11 is 0. The molecule has 0 saturated carbocycles. The molecule has 0 rings (SSSR count). The second kappa shape index (κ2) is 4.96. The topological polar surface area (TPSA) is 47.6 Å². The summed E-state index contributed by atoms with van der Waals surface area (Å²) in [6.07, 6.45) is -0.435. The van der Waals surface area contributed by atoms with E-state index in [1.54, 1.807) is 7.11 Å². The standard InChI is InChI=1S/C7H15NO3/c1-5(6(2)10-3)8-7(9)11-4/h5-6H,1-4H3,(H,8,9)/t5-,6+/m0/s1. The number of ether oxygens (including phenoxy) is 2. The Morgan fingerprint density at radius 2 is 1.91 bits per heavy atom. The van der Waals surface area contributed by atoms with Crippen molar-refractivity contribution in [1.29, 1.82) is 0 Å². The molecular formula is C7H15NO3. The summed E-state index contributed by atoms with van der Waals surface area (Å²) in [4.78, 5) is 10.7. The van der Waals surface area contributed by atoms with Crippen molar-refractivity contribution in [2.75, 3.05) is 14.2 Å². The summed E-state index contributed by atoms with van der Waals surface area (Å²) in [5, 5.41) is 2.59. The van der Waals surface area contributed by atoms with E-state index in [0.717, 1.165) is 0 Å². The highest BCUT2D eigenvalue weighted by Gasteiger charge is 2.13. The lowest BCUT2D eigenvalue weighted by Crippen LogP contribution is -2.40. The molecule has 0 saturated heterocycles. The van der Waals surface area contributed by atoms with Crippen molar-refractivity contribution in [3.8, 4) is 0 Å². The zero-order valence-corrected chi connectivity index (χ0v) is 7.38. The average Bonchev–Trinajstić information content (AvgIpc) is 2.02. The second-order valence-corrected chi connectivity index (χ2v) is 2.37. The predicted octanol–water partition coefficient (Wildman–Crippen LogP) is 0.766. The Morgan fingerprint density at radius 1 is 1.36 bits per heavy atom. The van der Waals surface area contributed by atoms with Crippen molar-refractivity contribution in [2.24, 2.45) is 0 Å². The van der Waals surface area contributed by atoms with Crippen LogP contribution >= 0.6 is 0 Å². The molecule has 0 spiro atoms. The molecule has 0 bridgehead atoms. The van der Waals surface area contributed by atoms with Crippen molar-refractivity contribution in [2.45, 2.75) is 26.0 Å². The van der Waals surface area contributed by atoms with Gasteiger partial charge in [0.15, 0.2) is 0 Å². The number of carbonyl (C=O) groups is 1. The SMILES string of the molecule is COC(=O)N[C@@H](C)[C@@H](C)OC. The third kappa shape index (κ3) is 3.83. The van der Waals surface area contributed by atoms with Gasteiger partial charge in [0, 0.05) is 7.11 Å². The van der Waals surface area contributed by atoms with Gasteiger partial charge in [0.2, 0.25) is 0 Å². The molecule has 66 valence electrons. The van der Waals surface area contributed by atoms with E-state index in [-0.39, 0.29) is 12.1 Å². The molecular weight excluding hydrogens is 146 g/mol. The van der Waals surface area contributed by atoms with Crippen LogP contribution in [0.3, 0.4) is 0 Å². The summed E-state index contributed by atoms with van der Waals surface area (Å²) in [7, 11) is 2.93. The minimum Gasteiger partial charge on any atom is -0.453 e. The first-order chi connectivity index (χ1) is 5.11. The molecule has 0 aliphatic rings. The smallest absolute Gasteiger partial charge is 0.407 e. The molecule has 1 amide bonds. The largest absolute Gasteiger partial charge is 0.453 e. The van der Waals surface area contributed by atoms with Crippen LogP contribution in [0.5, 0.6) is 0 Å². The maximum Gasteiger partial charge on any atom is 0.407 e. The van der Waals surface area contributed by atoms with Crippen molar-refractivity contribution in [3.63, 3.8) is 0 Å². The first-order valence-corrected chi connectivity index (χ1v) is 3.49. The van der Waals surface area contributed by atoms with Crippen LogP contribution < -0.4 is 5.32 Å². The lowest BCUT2D eigenvalue weighted by Gasteiger charge is -2.18. The molecule has 0 aliphatic heterocycles. The number of amides is 1.